The largest absolute Gasteiger partial charge is 0.214 e. The van der Waals surface area contributed by atoms with E-state index >= 15 is 0 Å². The van der Waals surface area contributed by atoms with E-state index in [1.165, 1.54) is 19.3 Å². The molecule has 0 spiro atoms. The van der Waals surface area contributed by atoms with Gasteiger partial charge in [0, 0.05) is 11.9 Å². The molecule has 0 radical (unpaired) electrons. The Balaban J connectivity index is 2.34. The van der Waals surface area contributed by atoms with Gasteiger partial charge in [-0.25, -0.2) is 13.1 Å². The second-order valence-electron chi connectivity index (χ2n) is 5.39. The standard InChI is InChI=1S/C12H24ClNO2S/c1-10(2)12(13)8-14-17(15,16)9-11-6-4-3-5-7-11/h10-12,14H,3-9H2,1-2H3. The summed E-state index contributed by atoms with van der Waals surface area (Å²) in [4.78, 5) is 0. The van der Waals surface area contributed by atoms with Crippen molar-refractivity contribution >= 4 is 21.6 Å². The predicted octanol–water partition coefficient (Wildman–Crippen LogP) is 2.75. The van der Waals surface area contributed by atoms with Crippen molar-refractivity contribution in [1.29, 1.82) is 0 Å². The Morgan fingerprint density at radius 1 is 1.24 bits per heavy atom. The highest BCUT2D eigenvalue weighted by Gasteiger charge is 2.22. The van der Waals surface area contributed by atoms with Crippen LogP contribution >= 0.6 is 11.6 Å². The second kappa shape index (κ2) is 6.95. The van der Waals surface area contributed by atoms with Crippen LogP contribution in [0.15, 0.2) is 0 Å². The highest BCUT2D eigenvalue weighted by Crippen LogP contribution is 2.24. The second-order valence-corrected chi connectivity index (χ2v) is 7.81. The summed E-state index contributed by atoms with van der Waals surface area (Å²) in [5, 5.41) is -0.129. The summed E-state index contributed by atoms with van der Waals surface area (Å²) in [7, 11) is -3.14. The SMILES string of the molecule is CC(C)C(Cl)CNS(=O)(=O)CC1CCCCC1. The van der Waals surface area contributed by atoms with Gasteiger partial charge in [0.05, 0.1) is 5.75 Å². The van der Waals surface area contributed by atoms with Crippen LogP contribution in [0.25, 0.3) is 0 Å². The molecule has 1 fully saturated rings. The third kappa shape index (κ3) is 6.07. The van der Waals surface area contributed by atoms with E-state index in [0.717, 1.165) is 12.8 Å². The minimum absolute atomic E-state index is 0.129. The van der Waals surface area contributed by atoms with Gasteiger partial charge in [-0.1, -0.05) is 33.1 Å². The third-order valence-corrected chi connectivity index (χ3v) is 5.58. The minimum atomic E-state index is -3.14. The summed E-state index contributed by atoms with van der Waals surface area (Å²) in [5.74, 6) is 0.900. The van der Waals surface area contributed by atoms with Gasteiger partial charge in [0.2, 0.25) is 10.0 Å². The average Bonchev–Trinajstić information content (AvgIpc) is 2.26. The molecule has 1 saturated carbocycles. The predicted molar refractivity (Wildman–Crippen MR) is 72.8 cm³/mol. The van der Waals surface area contributed by atoms with Crippen molar-refractivity contribution in [2.45, 2.75) is 51.3 Å². The molecular formula is C12H24ClNO2S. The van der Waals surface area contributed by atoms with Gasteiger partial charge in [-0.05, 0) is 24.7 Å². The van der Waals surface area contributed by atoms with Gasteiger partial charge in [-0.2, -0.15) is 0 Å². The molecule has 0 aliphatic heterocycles. The van der Waals surface area contributed by atoms with Gasteiger partial charge in [0.1, 0.15) is 0 Å². The molecule has 17 heavy (non-hydrogen) atoms. The van der Waals surface area contributed by atoms with Crippen LogP contribution in [0.3, 0.4) is 0 Å². The normalized spacial score (nSPS) is 20.7. The van der Waals surface area contributed by atoms with E-state index in [1.807, 2.05) is 13.8 Å². The fraction of sp³-hybridized carbons (Fsp3) is 1.00. The van der Waals surface area contributed by atoms with Crippen molar-refractivity contribution < 1.29 is 8.42 Å². The van der Waals surface area contributed by atoms with E-state index in [0.29, 0.717) is 12.5 Å². The Morgan fingerprint density at radius 2 is 1.82 bits per heavy atom. The van der Waals surface area contributed by atoms with Crippen molar-refractivity contribution in [2.75, 3.05) is 12.3 Å². The van der Waals surface area contributed by atoms with Gasteiger partial charge in [-0.15, -0.1) is 11.6 Å². The van der Waals surface area contributed by atoms with E-state index in [4.69, 9.17) is 11.6 Å². The Hall–Kier alpha value is 0.200. The number of hydrogen-bond acceptors (Lipinski definition) is 2. The molecule has 1 atom stereocenters. The Labute approximate surface area is 110 Å². The molecule has 1 aliphatic rings. The van der Waals surface area contributed by atoms with Crippen LogP contribution in [-0.2, 0) is 10.0 Å². The molecule has 0 aromatic carbocycles. The van der Waals surface area contributed by atoms with Gasteiger partial charge in [0.15, 0.2) is 0 Å². The molecule has 0 aromatic rings. The van der Waals surface area contributed by atoms with Crippen LogP contribution in [0.1, 0.15) is 46.0 Å². The first-order valence-electron chi connectivity index (χ1n) is 6.52. The van der Waals surface area contributed by atoms with Crippen LogP contribution in [0.2, 0.25) is 0 Å². The Kier molecular flexibility index (Phi) is 6.24. The maximum atomic E-state index is 11.9. The topological polar surface area (TPSA) is 46.2 Å². The van der Waals surface area contributed by atoms with Gasteiger partial charge < -0.3 is 0 Å². The van der Waals surface area contributed by atoms with E-state index in [-0.39, 0.29) is 17.0 Å². The van der Waals surface area contributed by atoms with Crippen LogP contribution in [0, 0.1) is 11.8 Å². The molecule has 0 saturated heterocycles. The molecule has 0 aromatic heterocycles. The van der Waals surface area contributed by atoms with E-state index < -0.39 is 10.0 Å². The van der Waals surface area contributed by atoms with Crippen molar-refractivity contribution in [3.05, 3.63) is 0 Å². The molecule has 1 aliphatic carbocycles. The molecule has 0 bridgehead atoms. The molecule has 1 rings (SSSR count). The summed E-state index contributed by atoms with van der Waals surface area (Å²) in [5.41, 5.74) is 0. The molecule has 0 heterocycles. The molecular weight excluding hydrogens is 258 g/mol. The molecule has 1 unspecified atom stereocenters. The van der Waals surface area contributed by atoms with Crippen LogP contribution < -0.4 is 4.72 Å². The first kappa shape index (κ1) is 15.3. The highest BCUT2D eigenvalue weighted by molar-refractivity contribution is 7.89. The zero-order valence-electron chi connectivity index (χ0n) is 10.8. The lowest BCUT2D eigenvalue weighted by Crippen LogP contribution is -2.35. The van der Waals surface area contributed by atoms with Crippen molar-refractivity contribution in [3.63, 3.8) is 0 Å². The van der Waals surface area contributed by atoms with Crippen LogP contribution in [0.4, 0.5) is 0 Å². The third-order valence-electron chi connectivity index (χ3n) is 3.40. The van der Waals surface area contributed by atoms with E-state index in [1.54, 1.807) is 0 Å². The van der Waals surface area contributed by atoms with Crippen molar-refractivity contribution in [1.82, 2.24) is 4.72 Å². The summed E-state index contributed by atoms with van der Waals surface area (Å²) < 4.78 is 26.3. The average molecular weight is 282 g/mol. The molecule has 1 N–H and O–H groups in total. The van der Waals surface area contributed by atoms with Crippen LogP contribution in [0.5, 0.6) is 0 Å². The number of nitrogens with one attached hydrogen (secondary N) is 1. The van der Waals surface area contributed by atoms with Crippen molar-refractivity contribution in [3.8, 4) is 0 Å². The zero-order valence-corrected chi connectivity index (χ0v) is 12.4. The number of halogens is 1. The fourth-order valence-electron chi connectivity index (χ4n) is 2.17. The minimum Gasteiger partial charge on any atom is -0.214 e. The summed E-state index contributed by atoms with van der Waals surface area (Å²) in [6.07, 6.45) is 5.69. The molecule has 0 amide bonds. The van der Waals surface area contributed by atoms with E-state index in [2.05, 4.69) is 4.72 Å². The quantitative estimate of drug-likeness (QED) is 0.761. The number of alkyl halides is 1. The van der Waals surface area contributed by atoms with Crippen molar-refractivity contribution in [2.24, 2.45) is 11.8 Å². The molecule has 3 nitrogen and oxygen atoms in total. The summed E-state index contributed by atoms with van der Waals surface area (Å²) in [6.45, 7) is 4.33. The Bertz CT molecular complexity index is 310. The van der Waals surface area contributed by atoms with Crippen LogP contribution in [-0.4, -0.2) is 26.1 Å². The number of rotatable bonds is 6. The lowest BCUT2D eigenvalue weighted by Gasteiger charge is -2.22. The number of sulfonamides is 1. The molecule has 102 valence electrons. The van der Waals surface area contributed by atoms with Gasteiger partial charge >= 0.3 is 0 Å². The first-order chi connectivity index (χ1) is 7.91. The van der Waals surface area contributed by atoms with E-state index in [9.17, 15) is 8.42 Å². The summed E-state index contributed by atoms with van der Waals surface area (Å²) >= 11 is 6.04. The fourth-order valence-corrected chi connectivity index (χ4v) is 3.84. The molecule has 5 heteroatoms. The zero-order chi connectivity index (χ0) is 12.9. The maximum Gasteiger partial charge on any atom is 0.211 e. The lowest BCUT2D eigenvalue weighted by atomic mass is 9.91. The smallest absolute Gasteiger partial charge is 0.211 e. The maximum absolute atomic E-state index is 11.9. The first-order valence-corrected chi connectivity index (χ1v) is 8.61. The lowest BCUT2D eigenvalue weighted by molar-refractivity contribution is 0.383. The summed E-state index contributed by atoms with van der Waals surface area (Å²) in [6, 6.07) is 0. The van der Waals surface area contributed by atoms with Gasteiger partial charge in [-0.3, -0.25) is 0 Å². The highest BCUT2D eigenvalue weighted by atomic mass is 35.5. The Morgan fingerprint density at radius 3 is 2.35 bits per heavy atom. The number of hydrogen-bond donors (Lipinski definition) is 1. The monoisotopic (exact) mass is 281 g/mol. The van der Waals surface area contributed by atoms with Gasteiger partial charge in [0.25, 0.3) is 0 Å².